The third-order valence-corrected chi connectivity index (χ3v) is 10.2. The number of nitrogens with two attached hydrogens (primary N) is 2. The van der Waals surface area contributed by atoms with Gasteiger partial charge in [0, 0.05) is 54.8 Å². The molecule has 1 aliphatic rings. The Morgan fingerprint density at radius 1 is 0.815 bits per heavy atom. The van der Waals surface area contributed by atoms with Gasteiger partial charge in [-0.3, -0.25) is 48.1 Å². The number of aromatic nitrogens is 1. The molecule has 9 amide bonds. The van der Waals surface area contributed by atoms with Crippen molar-refractivity contribution in [3.05, 3.63) is 95.8 Å². The molecule has 4 rings (SSSR count). The molecule has 9 N–H and O–H groups in total. The smallest absolute Gasteiger partial charge is 0.254 e. The van der Waals surface area contributed by atoms with Crippen molar-refractivity contribution in [2.45, 2.75) is 77.7 Å². The van der Waals surface area contributed by atoms with Crippen molar-refractivity contribution < 1.29 is 57.0 Å². The number of carbonyl (C=O) groups excluding carboxylic acids is 9. The van der Waals surface area contributed by atoms with Crippen LogP contribution in [0.5, 0.6) is 0 Å². The molecular weight excluding hydrogens is 853 g/mol. The Kier molecular flexibility index (Phi) is 17.3. The van der Waals surface area contributed by atoms with E-state index in [0.717, 1.165) is 35.9 Å². The van der Waals surface area contributed by atoms with Crippen LogP contribution >= 0.6 is 0 Å². The molecule has 1 aromatic heterocycles. The van der Waals surface area contributed by atoms with E-state index in [-0.39, 0.29) is 31.6 Å². The van der Waals surface area contributed by atoms with Crippen LogP contribution in [0.1, 0.15) is 64.3 Å². The van der Waals surface area contributed by atoms with E-state index in [1.165, 1.54) is 11.8 Å². The molecule has 0 saturated heterocycles. The zero-order valence-corrected chi connectivity index (χ0v) is 36.3. The van der Waals surface area contributed by atoms with E-state index in [9.17, 15) is 52.6 Å². The average molecular weight is 906 g/mol. The number of halogens is 2. The number of nitrogens with zero attached hydrogens (tertiary/aromatic N) is 3. The van der Waals surface area contributed by atoms with Gasteiger partial charge in [0.2, 0.25) is 41.4 Å². The van der Waals surface area contributed by atoms with Crippen molar-refractivity contribution in [2.24, 2.45) is 16.9 Å². The second kappa shape index (κ2) is 22.4. The highest BCUT2D eigenvalue weighted by molar-refractivity contribution is 6.14. The van der Waals surface area contributed by atoms with Crippen LogP contribution in [0.3, 0.4) is 0 Å². The van der Waals surface area contributed by atoms with Crippen LogP contribution in [0.2, 0.25) is 0 Å². The van der Waals surface area contributed by atoms with Crippen LogP contribution < -0.4 is 32.7 Å². The molecule has 2 heterocycles. The molecule has 0 fully saturated rings. The molecule has 0 radical (unpaired) electrons. The minimum Gasteiger partial charge on any atom is -0.387 e. The maximum absolute atomic E-state index is 15.1. The summed E-state index contributed by atoms with van der Waals surface area (Å²) in [6.45, 7) is 5.29. The molecule has 0 aliphatic carbocycles. The quantitative estimate of drug-likeness (QED) is 0.0525. The molecule has 2 aromatic carbocycles. The summed E-state index contributed by atoms with van der Waals surface area (Å²) >= 11 is 0. The molecule has 4 atom stereocenters. The first-order valence-electron chi connectivity index (χ1n) is 20.5. The summed E-state index contributed by atoms with van der Waals surface area (Å²) in [7, 11) is 0. The summed E-state index contributed by atoms with van der Waals surface area (Å²) in [4.78, 5) is 115. The van der Waals surface area contributed by atoms with E-state index < -0.39 is 120 Å². The van der Waals surface area contributed by atoms with E-state index in [0.29, 0.717) is 16.2 Å². The molecule has 19 nitrogen and oxygen atoms in total. The largest absolute Gasteiger partial charge is 0.387 e. The number of primary amides is 2. The molecule has 0 unspecified atom stereocenters. The van der Waals surface area contributed by atoms with Gasteiger partial charge in [0.15, 0.2) is 0 Å². The fraction of sp³-hybridized carbons (Fsp3) is 0.386. The predicted molar refractivity (Wildman–Crippen MR) is 229 cm³/mol. The molecule has 0 spiro atoms. The van der Waals surface area contributed by atoms with Gasteiger partial charge in [-0.1, -0.05) is 51.1 Å². The molecule has 0 saturated carbocycles. The minimum atomic E-state index is -1.71. The second-order valence-corrected chi connectivity index (χ2v) is 16.4. The number of hydrogen-bond donors (Lipinski definition) is 7. The van der Waals surface area contributed by atoms with Gasteiger partial charge in [0.1, 0.15) is 42.9 Å². The van der Waals surface area contributed by atoms with Crippen molar-refractivity contribution in [1.82, 2.24) is 35.6 Å². The Hall–Kier alpha value is -7.29. The van der Waals surface area contributed by atoms with E-state index in [2.05, 4.69) is 21.3 Å². The second-order valence-electron chi connectivity index (χ2n) is 16.4. The molecule has 21 heteroatoms. The molecule has 1 aliphatic heterocycles. The van der Waals surface area contributed by atoms with E-state index >= 15 is 4.39 Å². The number of aliphatic hydroxyl groups excluding tert-OH is 1. The van der Waals surface area contributed by atoms with Crippen molar-refractivity contribution in [3.63, 3.8) is 0 Å². The third kappa shape index (κ3) is 14.1. The number of rotatable bonds is 22. The van der Waals surface area contributed by atoms with Gasteiger partial charge >= 0.3 is 0 Å². The van der Waals surface area contributed by atoms with Crippen molar-refractivity contribution >= 4 is 53.2 Å². The Bertz CT molecular complexity index is 2310. The first-order chi connectivity index (χ1) is 30.6. The van der Waals surface area contributed by atoms with Crippen LogP contribution in [0.25, 0.3) is 11.1 Å². The predicted octanol–water partition coefficient (Wildman–Crippen LogP) is 0.0461. The Morgan fingerprint density at radius 2 is 1.42 bits per heavy atom. The van der Waals surface area contributed by atoms with Crippen LogP contribution in [-0.4, -0.2) is 117 Å². The molecule has 348 valence electrons. The van der Waals surface area contributed by atoms with E-state index in [1.54, 1.807) is 12.3 Å². The summed E-state index contributed by atoms with van der Waals surface area (Å²) in [5.41, 5.74) is 11.7. The summed E-state index contributed by atoms with van der Waals surface area (Å²) in [6.07, 6.45) is 2.16. The van der Waals surface area contributed by atoms with Gasteiger partial charge in [-0.25, -0.2) is 8.78 Å². The number of hydrogen-bond acceptors (Lipinski definition) is 10. The van der Waals surface area contributed by atoms with Crippen LogP contribution in [-0.2, 0) is 49.7 Å². The molecule has 65 heavy (non-hydrogen) atoms. The monoisotopic (exact) mass is 905 g/mol. The van der Waals surface area contributed by atoms with Crippen LogP contribution in [0.4, 0.5) is 8.78 Å². The van der Waals surface area contributed by atoms with Crippen molar-refractivity contribution in [1.29, 1.82) is 0 Å². The SMILES string of the molecule is C[C@@H](NC(=O)CN1C(=O)C=CC1=O)C(=O)N[C@H](CC(N)=O)C(=O)N[C@@H](CC(N)=O)C(=O)NCCCN(C(=O)CO)[C@@H](c1cc(-c2cc(F)ccc2F)cn1Cc1ccccc1)C(C)(C)C. The number of amides is 9. The lowest BCUT2D eigenvalue weighted by molar-refractivity contribution is -0.141. The third-order valence-electron chi connectivity index (χ3n) is 10.2. The van der Waals surface area contributed by atoms with Crippen molar-refractivity contribution in [2.75, 3.05) is 26.2 Å². The topological polar surface area (TPSA) is 285 Å². The van der Waals surface area contributed by atoms with Gasteiger partial charge in [-0.2, -0.15) is 0 Å². The zero-order chi connectivity index (χ0) is 48.2. The van der Waals surface area contributed by atoms with Gasteiger partial charge in [0.25, 0.3) is 11.8 Å². The number of nitrogens with one attached hydrogen (secondary N) is 4. The number of benzene rings is 2. The first kappa shape index (κ1) is 50.4. The number of carbonyl (C=O) groups is 9. The summed E-state index contributed by atoms with van der Waals surface area (Å²) in [6, 6.07) is 8.58. The lowest BCUT2D eigenvalue weighted by Gasteiger charge is -2.41. The maximum Gasteiger partial charge on any atom is 0.254 e. The molecule has 3 aromatic rings. The highest BCUT2D eigenvalue weighted by atomic mass is 19.1. The fourth-order valence-electron chi connectivity index (χ4n) is 7.16. The summed E-state index contributed by atoms with van der Waals surface area (Å²) < 4.78 is 31.3. The average Bonchev–Trinajstić information content (AvgIpc) is 3.78. The lowest BCUT2D eigenvalue weighted by atomic mass is 9.83. The standard InChI is InChI=1S/C44H53F2N9O10/c1-25(50-36(59)23-55-37(60)13-14-38(55)61)41(63)51-32(20-35(48)58)43(65)52-31(19-34(47)57)42(64)49-15-8-16-54(39(62)24-56)40(44(2,3)4)33-17-27(29-18-28(45)11-12-30(29)46)22-53(33)21-26-9-6-5-7-10-26/h5-7,9-14,17-18,22,25,31-32,40,56H,8,15-16,19-21,23-24H2,1-4H3,(H2,47,57)(H2,48,58)(H,49,64)(H,50,59)(H,51,63)(H,52,65)/t25-,31+,32-,40+/m1/s1. The van der Waals surface area contributed by atoms with Crippen molar-refractivity contribution in [3.8, 4) is 11.1 Å². The van der Waals surface area contributed by atoms with Gasteiger partial charge in [-0.15, -0.1) is 0 Å². The molecular formula is C44H53F2N9O10. The highest BCUT2D eigenvalue weighted by Crippen LogP contribution is 2.41. The van der Waals surface area contributed by atoms with Gasteiger partial charge in [0.05, 0.1) is 18.9 Å². The van der Waals surface area contributed by atoms with E-state index in [4.69, 9.17) is 11.5 Å². The van der Waals surface area contributed by atoms with Crippen LogP contribution in [0, 0.1) is 17.0 Å². The Morgan fingerprint density at radius 3 is 2.00 bits per heavy atom. The normalized spacial score (nSPS) is 14.2. The minimum absolute atomic E-state index is 0.00168. The maximum atomic E-state index is 15.1. The number of aliphatic hydroxyl groups is 1. The summed E-state index contributed by atoms with van der Waals surface area (Å²) in [5.74, 6) is -9.43. The first-order valence-corrected chi connectivity index (χ1v) is 20.5. The number of imide groups is 1. The highest BCUT2D eigenvalue weighted by Gasteiger charge is 2.37. The molecule has 0 bridgehead atoms. The van der Waals surface area contributed by atoms with Gasteiger partial charge < -0.3 is 47.3 Å². The van der Waals surface area contributed by atoms with Gasteiger partial charge in [-0.05, 0) is 48.6 Å². The van der Waals surface area contributed by atoms with E-state index in [1.807, 2.05) is 55.7 Å². The Labute approximate surface area is 372 Å². The lowest BCUT2D eigenvalue weighted by Crippen LogP contribution is -2.58. The summed E-state index contributed by atoms with van der Waals surface area (Å²) in [5, 5.41) is 19.5. The Balaban J connectivity index is 1.49. The van der Waals surface area contributed by atoms with Crippen LogP contribution in [0.15, 0.2) is 72.9 Å². The fourth-order valence-corrected chi connectivity index (χ4v) is 7.16. The zero-order valence-electron chi connectivity index (χ0n) is 36.3.